The lowest BCUT2D eigenvalue weighted by Gasteiger charge is -2.27. The standard InChI is InChI=1S/C19H19NO2/c21-16-10-11-17-18(12-16)22-19(20-17)15-8-6-14(7-9-15)13-4-2-1-3-5-13/h1-5,10-12,14-15,21H,6-9H2. The third-order valence-corrected chi connectivity index (χ3v) is 4.74. The van der Waals surface area contributed by atoms with E-state index in [2.05, 4.69) is 35.3 Å². The number of nitrogens with zero attached hydrogens (tertiary/aromatic N) is 1. The van der Waals surface area contributed by atoms with Gasteiger partial charge in [0.25, 0.3) is 0 Å². The maximum Gasteiger partial charge on any atom is 0.198 e. The molecule has 3 heteroatoms. The van der Waals surface area contributed by atoms with E-state index in [0.717, 1.165) is 24.2 Å². The third-order valence-electron chi connectivity index (χ3n) is 4.74. The highest BCUT2D eigenvalue weighted by atomic mass is 16.3. The molecule has 1 heterocycles. The Balaban J connectivity index is 1.50. The molecule has 3 nitrogen and oxygen atoms in total. The largest absolute Gasteiger partial charge is 0.508 e. The monoisotopic (exact) mass is 293 g/mol. The SMILES string of the molecule is Oc1ccc2nc(C3CCC(c4ccccc4)CC3)oc2c1. The second-order valence-corrected chi connectivity index (χ2v) is 6.16. The van der Waals surface area contributed by atoms with Gasteiger partial charge in [-0.25, -0.2) is 4.98 Å². The van der Waals surface area contributed by atoms with Gasteiger partial charge in [0.15, 0.2) is 11.5 Å². The first kappa shape index (κ1) is 13.4. The normalized spacial score (nSPS) is 22.0. The second kappa shape index (κ2) is 5.48. The van der Waals surface area contributed by atoms with E-state index in [0.29, 0.717) is 17.4 Å². The molecular formula is C19H19NO2. The Kier molecular flexibility index (Phi) is 3.34. The van der Waals surface area contributed by atoms with E-state index in [1.54, 1.807) is 12.1 Å². The molecule has 0 radical (unpaired) electrons. The van der Waals surface area contributed by atoms with Crippen molar-refractivity contribution in [2.45, 2.75) is 37.5 Å². The molecule has 1 aromatic heterocycles. The Morgan fingerprint density at radius 3 is 2.41 bits per heavy atom. The van der Waals surface area contributed by atoms with Crippen LogP contribution in [0.25, 0.3) is 11.1 Å². The molecule has 0 aliphatic heterocycles. The molecule has 22 heavy (non-hydrogen) atoms. The molecule has 1 N–H and O–H groups in total. The molecular weight excluding hydrogens is 274 g/mol. The molecule has 0 atom stereocenters. The first-order valence-electron chi connectivity index (χ1n) is 7.94. The number of aromatic hydroxyl groups is 1. The van der Waals surface area contributed by atoms with Crippen LogP contribution < -0.4 is 0 Å². The molecule has 0 spiro atoms. The molecule has 1 aliphatic carbocycles. The number of oxazole rings is 1. The van der Waals surface area contributed by atoms with Crippen LogP contribution in [-0.2, 0) is 0 Å². The summed E-state index contributed by atoms with van der Waals surface area (Å²) >= 11 is 0. The molecule has 1 aliphatic rings. The molecule has 1 fully saturated rings. The summed E-state index contributed by atoms with van der Waals surface area (Å²) in [4.78, 5) is 4.60. The Labute approximate surface area is 129 Å². The van der Waals surface area contributed by atoms with Crippen molar-refractivity contribution in [2.75, 3.05) is 0 Å². The van der Waals surface area contributed by atoms with Crippen LogP contribution in [0.3, 0.4) is 0 Å². The van der Waals surface area contributed by atoms with Crippen LogP contribution in [0.5, 0.6) is 5.75 Å². The van der Waals surface area contributed by atoms with Crippen LogP contribution in [0.15, 0.2) is 52.9 Å². The zero-order valence-corrected chi connectivity index (χ0v) is 12.4. The second-order valence-electron chi connectivity index (χ2n) is 6.16. The van der Waals surface area contributed by atoms with E-state index in [4.69, 9.17) is 4.42 Å². The number of aromatic nitrogens is 1. The van der Waals surface area contributed by atoms with Gasteiger partial charge in [-0.2, -0.15) is 0 Å². The van der Waals surface area contributed by atoms with Crippen molar-refractivity contribution >= 4 is 11.1 Å². The zero-order chi connectivity index (χ0) is 14.9. The summed E-state index contributed by atoms with van der Waals surface area (Å²) in [6, 6.07) is 15.9. The average Bonchev–Trinajstić information content (AvgIpc) is 2.99. The maximum atomic E-state index is 9.52. The van der Waals surface area contributed by atoms with Crippen molar-refractivity contribution in [3.05, 3.63) is 60.0 Å². The summed E-state index contributed by atoms with van der Waals surface area (Å²) in [5, 5.41) is 9.52. The molecule has 0 unspecified atom stereocenters. The molecule has 1 saturated carbocycles. The molecule has 4 rings (SSSR count). The van der Waals surface area contributed by atoms with Gasteiger partial charge in [-0.15, -0.1) is 0 Å². The predicted molar refractivity (Wildman–Crippen MR) is 86.1 cm³/mol. The van der Waals surface area contributed by atoms with Gasteiger partial charge in [-0.1, -0.05) is 30.3 Å². The van der Waals surface area contributed by atoms with E-state index in [1.165, 1.54) is 18.4 Å². The van der Waals surface area contributed by atoms with Crippen LogP contribution in [0, 0.1) is 0 Å². The van der Waals surface area contributed by atoms with Crippen molar-refractivity contribution in [3.63, 3.8) is 0 Å². The summed E-state index contributed by atoms with van der Waals surface area (Å²) in [6.45, 7) is 0. The minimum Gasteiger partial charge on any atom is -0.508 e. The zero-order valence-electron chi connectivity index (χ0n) is 12.4. The highest BCUT2D eigenvalue weighted by Crippen LogP contribution is 2.40. The van der Waals surface area contributed by atoms with E-state index in [1.807, 2.05) is 6.07 Å². The third kappa shape index (κ3) is 2.47. The fourth-order valence-electron chi connectivity index (χ4n) is 3.50. The summed E-state index contributed by atoms with van der Waals surface area (Å²) in [5.74, 6) is 2.11. The summed E-state index contributed by atoms with van der Waals surface area (Å²) in [7, 11) is 0. The van der Waals surface area contributed by atoms with E-state index in [-0.39, 0.29) is 5.75 Å². The minimum atomic E-state index is 0.225. The smallest absolute Gasteiger partial charge is 0.198 e. The molecule has 0 amide bonds. The number of hydrogen-bond donors (Lipinski definition) is 1. The van der Waals surface area contributed by atoms with Gasteiger partial charge in [0.1, 0.15) is 11.3 Å². The van der Waals surface area contributed by atoms with Crippen LogP contribution in [0.1, 0.15) is 49.0 Å². The molecule has 2 aromatic carbocycles. The fraction of sp³-hybridized carbons (Fsp3) is 0.316. The van der Waals surface area contributed by atoms with E-state index in [9.17, 15) is 5.11 Å². The molecule has 112 valence electrons. The average molecular weight is 293 g/mol. The van der Waals surface area contributed by atoms with Gasteiger partial charge in [0.05, 0.1) is 0 Å². The van der Waals surface area contributed by atoms with Crippen LogP contribution in [0.2, 0.25) is 0 Å². The molecule has 3 aromatic rings. The number of phenolic OH excluding ortho intramolecular Hbond substituents is 1. The topological polar surface area (TPSA) is 46.3 Å². The number of fused-ring (bicyclic) bond motifs is 1. The van der Waals surface area contributed by atoms with Crippen molar-refractivity contribution in [2.24, 2.45) is 0 Å². The van der Waals surface area contributed by atoms with Gasteiger partial charge in [0, 0.05) is 12.0 Å². The molecule has 0 saturated heterocycles. The number of hydrogen-bond acceptors (Lipinski definition) is 3. The summed E-state index contributed by atoms with van der Waals surface area (Å²) in [5.41, 5.74) is 2.96. The van der Waals surface area contributed by atoms with E-state index >= 15 is 0 Å². The Morgan fingerprint density at radius 2 is 1.64 bits per heavy atom. The molecule has 0 bridgehead atoms. The van der Waals surface area contributed by atoms with Crippen LogP contribution >= 0.6 is 0 Å². The van der Waals surface area contributed by atoms with E-state index < -0.39 is 0 Å². The Morgan fingerprint density at radius 1 is 0.909 bits per heavy atom. The van der Waals surface area contributed by atoms with Gasteiger partial charge in [0.2, 0.25) is 0 Å². The first-order valence-corrected chi connectivity index (χ1v) is 7.94. The highest BCUT2D eigenvalue weighted by molar-refractivity contribution is 5.74. The number of rotatable bonds is 2. The van der Waals surface area contributed by atoms with Gasteiger partial charge in [-0.05, 0) is 49.3 Å². The van der Waals surface area contributed by atoms with Crippen molar-refractivity contribution in [1.82, 2.24) is 4.98 Å². The lowest BCUT2D eigenvalue weighted by atomic mass is 9.79. The number of phenols is 1. The lowest BCUT2D eigenvalue weighted by molar-refractivity contribution is 0.345. The lowest BCUT2D eigenvalue weighted by Crippen LogP contribution is -2.12. The maximum absolute atomic E-state index is 9.52. The highest BCUT2D eigenvalue weighted by Gasteiger charge is 2.26. The summed E-state index contributed by atoms with van der Waals surface area (Å²) < 4.78 is 5.86. The Hall–Kier alpha value is -2.29. The van der Waals surface area contributed by atoms with Crippen molar-refractivity contribution in [3.8, 4) is 5.75 Å². The predicted octanol–water partition coefficient (Wildman–Crippen LogP) is 4.97. The number of benzene rings is 2. The fourth-order valence-corrected chi connectivity index (χ4v) is 3.50. The quantitative estimate of drug-likeness (QED) is 0.725. The van der Waals surface area contributed by atoms with Gasteiger partial charge < -0.3 is 9.52 Å². The van der Waals surface area contributed by atoms with Crippen LogP contribution in [0.4, 0.5) is 0 Å². The van der Waals surface area contributed by atoms with Gasteiger partial charge >= 0.3 is 0 Å². The Bertz CT molecular complexity index is 770. The first-order chi connectivity index (χ1) is 10.8. The van der Waals surface area contributed by atoms with Crippen molar-refractivity contribution < 1.29 is 9.52 Å². The van der Waals surface area contributed by atoms with Crippen LogP contribution in [-0.4, -0.2) is 10.1 Å². The van der Waals surface area contributed by atoms with Gasteiger partial charge in [-0.3, -0.25) is 0 Å². The summed E-state index contributed by atoms with van der Waals surface area (Å²) in [6.07, 6.45) is 4.58. The minimum absolute atomic E-state index is 0.225. The van der Waals surface area contributed by atoms with Crippen molar-refractivity contribution in [1.29, 1.82) is 0 Å².